The number of nitrogens with zero attached hydrogens (tertiary/aromatic N) is 3. The lowest BCUT2D eigenvalue weighted by Gasteiger charge is -2.12. The second kappa shape index (κ2) is 10.9. The maximum atomic E-state index is 13.4. The lowest BCUT2D eigenvalue weighted by atomic mass is 10.1. The van der Waals surface area contributed by atoms with Gasteiger partial charge in [0.1, 0.15) is 12.4 Å². The summed E-state index contributed by atoms with van der Waals surface area (Å²) < 4.78 is 15.0. The van der Waals surface area contributed by atoms with Crippen LogP contribution in [0, 0.1) is 12.7 Å². The number of hydrogen-bond acceptors (Lipinski definition) is 3. The zero-order valence-electron chi connectivity index (χ0n) is 17.7. The second-order valence-corrected chi connectivity index (χ2v) is 7.08. The minimum Gasteiger partial charge on any atom is -0.357 e. The van der Waals surface area contributed by atoms with Crippen molar-refractivity contribution in [3.8, 4) is 0 Å². The molecule has 0 atom stereocenters. The Bertz CT molecular complexity index is 1030. The van der Waals surface area contributed by atoms with Crippen LogP contribution in [0.1, 0.15) is 23.6 Å². The van der Waals surface area contributed by atoms with Crippen molar-refractivity contribution in [2.45, 2.75) is 33.5 Å². The molecule has 2 aromatic carbocycles. The molecule has 0 radical (unpaired) electrons. The number of guanidine groups is 1. The molecule has 0 aliphatic carbocycles. The summed E-state index contributed by atoms with van der Waals surface area (Å²) in [5, 5.41) is 13.4. The van der Waals surface area contributed by atoms with Gasteiger partial charge in [-0.2, -0.15) is 5.10 Å². The first-order valence-electron chi connectivity index (χ1n) is 10.2. The van der Waals surface area contributed by atoms with Crippen molar-refractivity contribution >= 4 is 17.6 Å². The molecule has 0 aliphatic heterocycles. The summed E-state index contributed by atoms with van der Waals surface area (Å²) in [4.78, 5) is 16.8. The number of aryl methyl sites for hydroxylation is 1. The Balaban J connectivity index is 1.58. The summed E-state index contributed by atoms with van der Waals surface area (Å²) in [6.45, 7) is 5.61. The summed E-state index contributed by atoms with van der Waals surface area (Å²) in [6, 6.07) is 14.4. The fraction of sp³-hybridized carbons (Fsp3) is 0.261. The first kappa shape index (κ1) is 22.0. The highest BCUT2D eigenvalue weighted by Crippen LogP contribution is 2.12. The molecule has 0 aliphatic rings. The molecule has 7 nitrogen and oxygen atoms in total. The summed E-state index contributed by atoms with van der Waals surface area (Å²) >= 11 is 0. The topological polar surface area (TPSA) is 83.3 Å². The van der Waals surface area contributed by atoms with Crippen LogP contribution < -0.4 is 16.0 Å². The van der Waals surface area contributed by atoms with E-state index in [1.165, 1.54) is 6.07 Å². The van der Waals surface area contributed by atoms with Crippen LogP contribution in [0.25, 0.3) is 0 Å². The van der Waals surface area contributed by atoms with Gasteiger partial charge in [0.2, 0.25) is 5.91 Å². The van der Waals surface area contributed by atoms with Crippen molar-refractivity contribution in [1.82, 2.24) is 20.4 Å². The Morgan fingerprint density at radius 1 is 1.13 bits per heavy atom. The zero-order valence-corrected chi connectivity index (χ0v) is 17.7. The molecule has 0 saturated carbocycles. The number of nitrogens with one attached hydrogen (secondary N) is 3. The van der Waals surface area contributed by atoms with Gasteiger partial charge < -0.3 is 16.0 Å². The third kappa shape index (κ3) is 6.95. The molecule has 3 N–H and O–H groups in total. The number of aliphatic imine (C=N–C) groups is 1. The van der Waals surface area contributed by atoms with Crippen molar-refractivity contribution in [3.63, 3.8) is 0 Å². The molecule has 0 saturated heterocycles. The lowest BCUT2D eigenvalue weighted by molar-refractivity contribution is -0.116. The molecular weight excluding hydrogens is 395 g/mol. The van der Waals surface area contributed by atoms with Crippen LogP contribution in [-0.2, 0) is 24.4 Å². The van der Waals surface area contributed by atoms with Gasteiger partial charge >= 0.3 is 0 Å². The summed E-state index contributed by atoms with van der Waals surface area (Å²) in [5.74, 6) is 0.312. The highest BCUT2D eigenvalue weighted by Gasteiger charge is 2.05. The summed E-state index contributed by atoms with van der Waals surface area (Å²) in [6.07, 6.45) is 3.38. The predicted octanol–water partition coefficient (Wildman–Crippen LogP) is 3.22. The molecule has 0 spiro atoms. The normalized spacial score (nSPS) is 11.3. The standard InChI is InChI=1S/C23H27FN6O/c1-3-25-23(27-15-19-8-9-21(24)17(2)12-19)26-14-18-6-4-7-20(13-18)29-22(31)16-30-11-5-10-28-30/h4-13H,3,14-16H2,1-2H3,(H,29,31)(H2,25,26,27). The Morgan fingerprint density at radius 3 is 2.74 bits per heavy atom. The van der Waals surface area contributed by atoms with Crippen LogP contribution in [0.15, 0.2) is 65.9 Å². The molecule has 0 fully saturated rings. The van der Waals surface area contributed by atoms with Gasteiger partial charge in [-0.15, -0.1) is 0 Å². The first-order valence-corrected chi connectivity index (χ1v) is 10.2. The molecular formula is C23H27FN6O. The second-order valence-electron chi connectivity index (χ2n) is 7.08. The highest BCUT2D eigenvalue weighted by atomic mass is 19.1. The Labute approximate surface area is 181 Å². The van der Waals surface area contributed by atoms with E-state index in [1.54, 1.807) is 36.1 Å². The van der Waals surface area contributed by atoms with E-state index in [4.69, 9.17) is 0 Å². The largest absolute Gasteiger partial charge is 0.357 e. The lowest BCUT2D eigenvalue weighted by Crippen LogP contribution is -2.36. The highest BCUT2D eigenvalue weighted by molar-refractivity contribution is 5.90. The Kier molecular flexibility index (Phi) is 7.75. The van der Waals surface area contributed by atoms with Crippen LogP contribution >= 0.6 is 0 Å². The molecule has 1 amide bonds. The van der Waals surface area contributed by atoms with Crippen molar-refractivity contribution in [3.05, 3.63) is 83.4 Å². The van der Waals surface area contributed by atoms with Crippen LogP contribution in [0.2, 0.25) is 0 Å². The third-order valence-corrected chi connectivity index (χ3v) is 4.52. The maximum Gasteiger partial charge on any atom is 0.246 e. The number of rotatable bonds is 8. The number of carbonyl (C=O) groups excluding carboxylic acids is 1. The first-order chi connectivity index (χ1) is 15.0. The Morgan fingerprint density at radius 2 is 2.00 bits per heavy atom. The van der Waals surface area contributed by atoms with Gasteiger partial charge in [0.25, 0.3) is 0 Å². The van der Waals surface area contributed by atoms with E-state index in [1.807, 2.05) is 37.3 Å². The van der Waals surface area contributed by atoms with Gasteiger partial charge in [0.15, 0.2) is 5.96 Å². The number of hydrogen-bond donors (Lipinski definition) is 3. The van der Waals surface area contributed by atoms with Crippen molar-refractivity contribution in [1.29, 1.82) is 0 Å². The number of anilines is 1. The van der Waals surface area contributed by atoms with Crippen molar-refractivity contribution in [2.75, 3.05) is 11.9 Å². The van der Waals surface area contributed by atoms with E-state index >= 15 is 0 Å². The van der Waals surface area contributed by atoms with Crippen LogP contribution in [0.3, 0.4) is 0 Å². The molecule has 0 unspecified atom stereocenters. The Hall–Kier alpha value is -3.68. The van der Waals surface area contributed by atoms with E-state index in [9.17, 15) is 9.18 Å². The van der Waals surface area contributed by atoms with Crippen LogP contribution in [-0.4, -0.2) is 28.2 Å². The molecule has 1 aromatic heterocycles. The van der Waals surface area contributed by atoms with Gasteiger partial charge in [0.05, 0.1) is 6.54 Å². The van der Waals surface area contributed by atoms with Gasteiger partial charge in [-0.25, -0.2) is 9.38 Å². The smallest absolute Gasteiger partial charge is 0.246 e. The van der Waals surface area contributed by atoms with Crippen molar-refractivity contribution in [2.24, 2.45) is 4.99 Å². The third-order valence-electron chi connectivity index (χ3n) is 4.52. The fourth-order valence-corrected chi connectivity index (χ4v) is 3.00. The molecule has 3 aromatic rings. The molecule has 8 heteroatoms. The maximum absolute atomic E-state index is 13.4. The minimum absolute atomic E-state index is 0.144. The monoisotopic (exact) mass is 422 g/mol. The van der Waals surface area contributed by atoms with E-state index in [2.05, 4.69) is 26.0 Å². The number of halogens is 1. The van der Waals surface area contributed by atoms with Crippen LogP contribution in [0.5, 0.6) is 0 Å². The SMILES string of the molecule is CCNC(=NCc1cccc(NC(=O)Cn2cccn2)c1)NCc1ccc(F)c(C)c1. The fourth-order valence-electron chi connectivity index (χ4n) is 3.00. The van der Waals surface area contributed by atoms with Crippen LogP contribution in [0.4, 0.5) is 10.1 Å². The quantitative estimate of drug-likeness (QED) is 0.385. The van der Waals surface area contributed by atoms with E-state index in [-0.39, 0.29) is 18.3 Å². The predicted molar refractivity (Wildman–Crippen MR) is 120 cm³/mol. The minimum atomic E-state index is -0.207. The number of benzene rings is 2. The number of amides is 1. The molecule has 162 valence electrons. The van der Waals surface area contributed by atoms with Gasteiger partial charge in [-0.05, 0) is 54.8 Å². The van der Waals surface area contributed by atoms with Crippen molar-refractivity contribution < 1.29 is 9.18 Å². The molecule has 3 rings (SSSR count). The van der Waals surface area contributed by atoms with Gasteiger partial charge in [-0.1, -0.05) is 24.3 Å². The summed E-state index contributed by atoms with van der Waals surface area (Å²) in [7, 11) is 0. The number of aromatic nitrogens is 2. The molecule has 0 bridgehead atoms. The zero-order chi connectivity index (χ0) is 22.1. The average molecular weight is 423 g/mol. The molecule has 1 heterocycles. The van der Waals surface area contributed by atoms with E-state index in [0.717, 1.165) is 17.7 Å². The average Bonchev–Trinajstić information content (AvgIpc) is 3.25. The van der Waals surface area contributed by atoms with Gasteiger partial charge in [0, 0.05) is 31.2 Å². The van der Waals surface area contributed by atoms with Gasteiger partial charge in [-0.3, -0.25) is 9.48 Å². The molecule has 31 heavy (non-hydrogen) atoms. The summed E-state index contributed by atoms with van der Waals surface area (Å²) in [5.41, 5.74) is 3.27. The van der Waals surface area contributed by atoms with E-state index < -0.39 is 0 Å². The number of carbonyl (C=O) groups is 1. The van der Waals surface area contributed by atoms with E-state index in [0.29, 0.717) is 30.3 Å².